The molecule has 0 aliphatic rings. The van der Waals surface area contributed by atoms with Gasteiger partial charge in [-0.05, 0) is 57.8 Å². The van der Waals surface area contributed by atoms with Crippen molar-refractivity contribution in [1.82, 2.24) is 5.32 Å². The molecule has 0 fully saturated rings. The van der Waals surface area contributed by atoms with Gasteiger partial charge in [-0.15, -0.1) is 0 Å². The van der Waals surface area contributed by atoms with Gasteiger partial charge in [0.1, 0.15) is 0 Å². The molecule has 0 aliphatic carbocycles. The van der Waals surface area contributed by atoms with E-state index in [4.69, 9.17) is 0 Å². The largest absolute Gasteiger partial charge is 0.394 e. The fourth-order valence-electron chi connectivity index (χ4n) is 10.3. The summed E-state index contributed by atoms with van der Waals surface area (Å²) < 4.78 is 0. The normalized spacial score (nSPS) is 13.1. The highest BCUT2D eigenvalue weighted by molar-refractivity contribution is 5.76. The first-order chi connectivity index (χ1) is 36.2. The fourth-order valence-corrected chi connectivity index (χ4v) is 10.3. The lowest BCUT2D eigenvalue weighted by atomic mass is 10.0. The number of hydrogen-bond acceptors (Lipinski definition) is 3. The Kier molecular flexibility index (Phi) is 62.7. The molecule has 0 saturated heterocycles. The zero-order chi connectivity index (χ0) is 52.7. The second-order valence-corrected chi connectivity index (χ2v) is 22.5. The average Bonchev–Trinajstić information content (AvgIpc) is 3.40. The molecule has 3 N–H and O–H groups in total. The number of carbonyl (C=O) groups is 1. The van der Waals surface area contributed by atoms with Crippen molar-refractivity contribution in [3.8, 4) is 0 Å². The first-order valence-corrected chi connectivity index (χ1v) is 33.0. The Hall–Kier alpha value is -1.91. The Morgan fingerprint density at radius 3 is 0.904 bits per heavy atom. The topological polar surface area (TPSA) is 69.6 Å². The number of hydrogen-bond donors (Lipinski definition) is 3. The Morgan fingerprint density at radius 2 is 0.603 bits per heavy atom. The van der Waals surface area contributed by atoms with Crippen LogP contribution in [0.25, 0.3) is 0 Å². The van der Waals surface area contributed by atoms with Crippen LogP contribution in [0.2, 0.25) is 0 Å². The van der Waals surface area contributed by atoms with Crippen LogP contribution in [0, 0.1) is 0 Å². The van der Waals surface area contributed by atoms with Crippen LogP contribution in [-0.4, -0.2) is 34.9 Å². The molecule has 0 heterocycles. The average molecular weight is 1020 g/mol. The van der Waals surface area contributed by atoms with E-state index in [0.29, 0.717) is 12.8 Å². The number of aliphatic hydroxyl groups is 2. The minimum absolute atomic E-state index is 0.0263. The van der Waals surface area contributed by atoms with E-state index in [0.717, 1.165) is 57.8 Å². The van der Waals surface area contributed by atoms with Crippen molar-refractivity contribution in [3.05, 3.63) is 60.8 Å². The molecule has 0 radical (unpaired) electrons. The third-order valence-electron chi connectivity index (χ3n) is 15.3. The standard InChI is InChI=1S/C69H129NO3/c1-3-5-7-9-11-13-15-17-19-21-23-25-27-29-31-33-34-35-36-37-39-41-43-45-47-49-51-53-55-57-59-61-63-65-69(73)70-67(66-71)68(72)64-62-60-58-56-54-52-50-48-46-44-42-40-38-32-30-28-26-24-22-20-18-16-14-12-10-8-6-4-2/h5,7,11,13,17,19,23,25,29,31,67-68,71-72H,3-4,6,8-10,12,14-16,18,20-22,24,26-28,30,32-66H2,1-2H3,(H,70,73)/b7-5-,13-11-,19-17-,25-23-,31-29-. The predicted molar refractivity (Wildman–Crippen MR) is 327 cm³/mol. The van der Waals surface area contributed by atoms with Gasteiger partial charge in [-0.25, -0.2) is 0 Å². The second kappa shape index (κ2) is 64.4. The number of amides is 1. The predicted octanol–water partition coefficient (Wildman–Crippen LogP) is 22.3. The van der Waals surface area contributed by atoms with E-state index in [1.165, 1.54) is 270 Å². The lowest BCUT2D eigenvalue weighted by molar-refractivity contribution is -0.123. The summed E-state index contributed by atoms with van der Waals surface area (Å²) >= 11 is 0. The van der Waals surface area contributed by atoms with Crippen molar-refractivity contribution in [2.24, 2.45) is 0 Å². The van der Waals surface area contributed by atoms with Crippen molar-refractivity contribution >= 4 is 5.91 Å². The molecule has 0 aliphatic heterocycles. The third kappa shape index (κ3) is 60.8. The van der Waals surface area contributed by atoms with Gasteiger partial charge >= 0.3 is 0 Å². The molecule has 2 atom stereocenters. The van der Waals surface area contributed by atoms with Gasteiger partial charge in [0.2, 0.25) is 5.91 Å². The molecule has 2 unspecified atom stereocenters. The van der Waals surface area contributed by atoms with Gasteiger partial charge in [0.25, 0.3) is 0 Å². The van der Waals surface area contributed by atoms with Crippen LogP contribution in [0.5, 0.6) is 0 Å². The molecule has 0 saturated carbocycles. The highest BCUT2D eigenvalue weighted by Crippen LogP contribution is 2.19. The molecule has 0 spiro atoms. The maximum absolute atomic E-state index is 12.6. The monoisotopic (exact) mass is 1020 g/mol. The van der Waals surface area contributed by atoms with Crippen molar-refractivity contribution in [2.75, 3.05) is 6.61 Å². The molecule has 4 nitrogen and oxygen atoms in total. The van der Waals surface area contributed by atoms with Crippen LogP contribution in [-0.2, 0) is 4.79 Å². The fraction of sp³-hybridized carbons (Fsp3) is 0.841. The van der Waals surface area contributed by atoms with Gasteiger partial charge in [-0.3, -0.25) is 4.79 Å². The summed E-state index contributed by atoms with van der Waals surface area (Å²) in [5.74, 6) is -0.0263. The molecule has 0 aromatic heterocycles. The van der Waals surface area contributed by atoms with Gasteiger partial charge < -0.3 is 15.5 Å². The minimum atomic E-state index is -0.662. The van der Waals surface area contributed by atoms with E-state index in [9.17, 15) is 15.0 Å². The lowest BCUT2D eigenvalue weighted by Crippen LogP contribution is -2.45. The van der Waals surface area contributed by atoms with Crippen LogP contribution < -0.4 is 5.32 Å². The zero-order valence-corrected chi connectivity index (χ0v) is 49.4. The lowest BCUT2D eigenvalue weighted by Gasteiger charge is -2.22. The quantitative estimate of drug-likeness (QED) is 0.0420. The van der Waals surface area contributed by atoms with Crippen LogP contribution in [0.4, 0.5) is 0 Å². The summed E-state index contributed by atoms with van der Waals surface area (Å²) in [5, 5.41) is 23.5. The maximum atomic E-state index is 12.6. The molecule has 0 bridgehead atoms. The third-order valence-corrected chi connectivity index (χ3v) is 15.3. The van der Waals surface area contributed by atoms with Crippen molar-refractivity contribution in [2.45, 2.75) is 366 Å². The highest BCUT2D eigenvalue weighted by Gasteiger charge is 2.20. The number of rotatable bonds is 61. The van der Waals surface area contributed by atoms with Crippen LogP contribution in [0.3, 0.4) is 0 Å². The number of nitrogens with one attached hydrogen (secondary N) is 1. The van der Waals surface area contributed by atoms with Gasteiger partial charge in [0.05, 0.1) is 18.8 Å². The van der Waals surface area contributed by atoms with Crippen molar-refractivity contribution in [1.29, 1.82) is 0 Å². The second-order valence-electron chi connectivity index (χ2n) is 22.5. The van der Waals surface area contributed by atoms with Crippen LogP contribution in [0.1, 0.15) is 354 Å². The molecule has 0 rings (SSSR count). The van der Waals surface area contributed by atoms with Crippen molar-refractivity contribution < 1.29 is 15.0 Å². The number of aliphatic hydroxyl groups excluding tert-OH is 2. The van der Waals surface area contributed by atoms with Gasteiger partial charge in [-0.1, -0.05) is 351 Å². The van der Waals surface area contributed by atoms with Crippen LogP contribution in [0.15, 0.2) is 60.8 Å². The maximum Gasteiger partial charge on any atom is 0.220 e. The highest BCUT2D eigenvalue weighted by atomic mass is 16.3. The van der Waals surface area contributed by atoms with E-state index in [-0.39, 0.29) is 12.5 Å². The molecule has 73 heavy (non-hydrogen) atoms. The van der Waals surface area contributed by atoms with Gasteiger partial charge in [0, 0.05) is 6.42 Å². The van der Waals surface area contributed by atoms with E-state index in [1.54, 1.807) is 0 Å². The van der Waals surface area contributed by atoms with E-state index < -0.39 is 12.1 Å². The SMILES string of the molecule is CC/C=C\C/C=C\C/C=C\C/C=C\C/C=C\CCCCCCCCCCCCCCCCCCCC(=O)NC(CO)C(O)CCCCCCCCCCCCCCCCCCCCCCCCCCCCCC. The summed E-state index contributed by atoms with van der Waals surface area (Å²) in [6.45, 7) is 4.28. The van der Waals surface area contributed by atoms with E-state index in [1.807, 2.05) is 0 Å². The summed E-state index contributed by atoms with van der Waals surface area (Å²) in [5.41, 5.74) is 0. The van der Waals surface area contributed by atoms with E-state index in [2.05, 4.69) is 79.9 Å². The molecule has 0 aromatic rings. The Balaban J connectivity index is 3.42. The molecule has 1 amide bonds. The van der Waals surface area contributed by atoms with Gasteiger partial charge in [0.15, 0.2) is 0 Å². The summed E-state index contributed by atoms with van der Waals surface area (Å²) in [4.78, 5) is 12.6. The summed E-state index contributed by atoms with van der Waals surface area (Å²) in [6, 6.07) is -0.539. The molecular weight excluding hydrogens is 891 g/mol. The summed E-state index contributed by atoms with van der Waals surface area (Å²) in [7, 11) is 0. The first-order valence-electron chi connectivity index (χ1n) is 33.0. The smallest absolute Gasteiger partial charge is 0.220 e. The number of unbranched alkanes of at least 4 members (excludes halogenated alkanes) is 44. The Morgan fingerprint density at radius 1 is 0.342 bits per heavy atom. The number of carbonyl (C=O) groups excluding carboxylic acids is 1. The molecule has 4 heteroatoms. The number of allylic oxidation sites excluding steroid dienone is 10. The minimum Gasteiger partial charge on any atom is -0.394 e. The van der Waals surface area contributed by atoms with E-state index >= 15 is 0 Å². The molecule has 428 valence electrons. The van der Waals surface area contributed by atoms with Crippen LogP contribution >= 0.6 is 0 Å². The Bertz CT molecular complexity index is 1200. The Labute approximate surface area is 457 Å². The first kappa shape index (κ1) is 71.1. The summed E-state index contributed by atoms with van der Waals surface area (Å²) in [6.07, 6.45) is 91.1. The molecule has 0 aromatic carbocycles. The molecular formula is C69H129NO3. The van der Waals surface area contributed by atoms with Crippen molar-refractivity contribution in [3.63, 3.8) is 0 Å². The zero-order valence-electron chi connectivity index (χ0n) is 49.4. The van der Waals surface area contributed by atoms with Gasteiger partial charge in [-0.2, -0.15) is 0 Å².